The summed E-state index contributed by atoms with van der Waals surface area (Å²) in [5, 5.41) is 4.50. The first-order valence-corrected chi connectivity index (χ1v) is 13.4. The molecular formula is C30H35N5O4. The maximum absolute atomic E-state index is 11.3. The van der Waals surface area contributed by atoms with Crippen molar-refractivity contribution in [3.05, 3.63) is 55.0 Å². The second-order valence-corrected chi connectivity index (χ2v) is 9.93. The van der Waals surface area contributed by atoms with Crippen LogP contribution in [0.15, 0.2) is 55.0 Å². The molecule has 1 aliphatic rings. The summed E-state index contributed by atoms with van der Waals surface area (Å²) in [4.78, 5) is 23.2. The van der Waals surface area contributed by atoms with Crippen molar-refractivity contribution in [1.82, 2.24) is 19.7 Å². The third-order valence-corrected chi connectivity index (χ3v) is 7.05. The summed E-state index contributed by atoms with van der Waals surface area (Å²) < 4.78 is 17.7. The highest BCUT2D eigenvalue weighted by Crippen LogP contribution is 2.38. The Bertz CT molecular complexity index is 1410. The van der Waals surface area contributed by atoms with Gasteiger partial charge in [0.15, 0.2) is 0 Å². The molecule has 5 rings (SSSR count). The van der Waals surface area contributed by atoms with E-state index in [2.05, 4.69) is 27.1 Å². The summed E-state index contributed by atoms with van der Waals surface area (Å²) in [5.74, 6) is 2.02. The van der Waals surface area contributed by atoms with E-state index in [1.807, 2.05) is 41.3 Å². The van der Waals surface area contributed by atoms with Crippen LogP contribution in [0, 0.1) is 5.92 Å². The van der Waals surface area contributed by atoms with Crippen LogP contribution in [0.1, 0.15) is 38.5 Å². The average molecular weight is 530 g/mol. The molecule has 2 heterocycles. The predicted octanol–water partition coefficient (Wildman–Crippen LogP) is 5.79. The molecule has 2 aromatic carbocycles. The van der Waals surface area contributed by atoms with Crippen molar-refractivity contribution in [2.45, 2.75) is 45.1 Å². The Labute approximate surface area is 228 Å². The maximum Gasteiger partial charge on any atom is 0.305 e. The monoisotopic (exact) mass is 529 g/mol. The van der Waals surface area contributed by atoms with Gasteiger partial charge in [0.1, 0.15) is 11.5 Å². The van der Waals surface area contributed by atoms with Crippen LogP contribution in [0.4, 0.5) is 11.4 Å². The number of methoxy groups -OCH3 is 3. The van der Waals surface area contributed by atoms with Crippen molar-refractivity contribution in [2.24, 2.45) is 5.92 Å². The highest BCUT2D eigenvalue weighted by atomic mass is 16.5. The van der Waals surface area contributed by atoms with Gasteiger partial charge in [-0.25, -0.2) is 4.98 Å². The minimum atomic E-state index is -0.159. The lowest BCUT2D eigenvalue weighted by atomic mass is 10.1. The van der Waals surface area contributed by atoms with E-state index in [9.17, 15) is 4.79 Å². The molecule has 204 valence electrons. The van der Waals surface area contributed by atoms with E-state index < -0.39 is 0 Å². The lowest BCUT2D eigenvalue weighted by molar-refractivity contribution is -0.140. The Balaban J connectivity index is 1.35. The summed E-state index contributed by atoms with van der Waals surface area (Å²) in [5.41, 5.74) is 5.46. The standard InChI is InChI=1S/C30H35N5O4/c1-37-25-13-24(14-26(16-25)38-2)35(19-21-8-9-21)23-10-11-27-28(15-23)33-29(18-31-27)22-17-32-34(20-22)12-6-4-5-7-30(36)39-3/h10-11,13-18,20-21H,4-9,12,19H2,1-3H3. The second kappa shape index (κ2) is 12.1. The zero-order valence-electron chi connectivity index (χ0n) is 22.8. The van der Waals surface area contributed by atoms with E-state index >= 15 is 0 Å². The number of anilines is 2. The van der Waals surface area contributed by atoms with Crippen LogP contribution in [-0.4, -0.2) is 53.6 Å². The van der Waals surface area contributed by atoms with E-state index in [0.29, 0.717) is 12.3 Å². The van der Waals surface area contributed by atoms with Gasteiger partial charge in [0, 0.05) is 60.8 Å². The Morgan fingerprint density at radius 3 is 2.46 bits per heavy atom. The minimum Gasteiger partial charge on any atom is -0.497 e. The zero-order valence-corrected chi connectivity index (χ0v) is 22.8. The number of aromatic nitrogens is 4. The summed E-state index contributed by atoms with van der Waals surface area (Å²) in [6.07, 6.45) is 11.3. The lowest BCUT2D eigenvalue weighted by Gasteiger charge is -2.26. The molecule has 0 saturated heterocycles. The Kier molecular flexibility index (Phi) is 8.24. The number of nitrogens with zero attached hydrogens (tertiary/aromatic N) is 5. The first-order chi connectivity index (χ1) is 19.1. The topological polar surface area (TPSA) is 91.6 Å². The molecule has 9 nitrogen and oxygen atoms in total. The van der Waals surface area contributed by atoms with Crippen LogP contribution in [0.2, 0.25) is 0 Å². The van der Waals surface area contributed by atoms with Gasteiger partial charge in [0.25, 0.3) is 0 Å². The summed E-state index contributed by atoms with van der Waals surface area (Å²) in [6, 6.07) is 12.2. The van der Waals surface area contributed by atoms with Crippen molar-refractivity contribution < 1.29 is 19.0 Å². The number of esters is 1. The number of fused-ring (bicyclic) bond motifs is 1. The highest BCUT2D eigenvalue weighted by molar-refractivity contribution is 5.82. The van der Waals surface area contributed by atoms with Gasteiger partial charge >= 0.3 is 5.97 Å². The van der Waals surface area contributed by atoms with E-state index in [-0.39, 0.29) is 5.97 Å². The number of benzene rings is 2. The van der Waals surface area contributed by atoms with Gasteiger partial charge in [-0.15, -0.1) is 0 Å². The zero-order chi connectivity index (χ0) is 27.2. The summed E-state index contributed by atoms with van der Waals surface area (Å²) in [7, 11) is 4.76. The highest BCUT2D eigenvalue weighted by Gasteiger charge is 2.26. The van der Waals surface area contributed by atoms with Crippen molar-refractivity contribution in [1.29, 1.82) is 0 Å². The van der Waals surface area contributed by atoms with Gasteiger partial charge in [-0.1, -0.05) is 6.42 Å². The number of carbonyl (C=O) groups excluding carboxylic acids is 1. The molecule has 0 spiro atoms. The van der Waals surface area contributed by atoms with Crippen LogP contribution in [0.25, 0.3) is 22.3 Å². The summed E-state index contributed by atoms with van der Waals surface area (Å²) >= 11 is 0. The molecule has 9 heteroatoms. The molecule has 2 aromatic heterocycles. The van der Waals surface area contributed by atoms with Gasteiger partial charge in [0.05, 0.1) is 50.5 Å². The van der Waals surface area contributed by atoms with E-state index in [1.165, 1.54) is 20.0 Å². The maximum atomic E-state index is 11.3. The Morgan fingerprint density at radius 2 is 1.74 bits per heavy atom. The van der Waals surface area contributed by atoms with Crippen molar-refractivity contribution >= 4 is 28.4 Å². The number of rotatable bonds is 13. The number of aryl methyl sites for hydroxylation is 1. The second-order valence-electron chi connectivity index (χ2n) is 9.93. The van der Waals surface area contributed by atoms with Gasteiger partial charge in [-0.3, -0.25) is 14.5 Å². The minimum absolute atomic E-state index is 0.159. The molecule has 39 heavy (non-hydrogen) atoms. The van der Waals surface area contributed by atoms with Crippen molar-refractivity contribution in [3.63, 3.8) is 0 Å². The van der Waals surface area contributed by atoms with Crippen molar-refractivity contribution in [2.75, 3.05) is 32.8 Å². The van der Waals surface area contributed by atoms with Gasteiger partial charge in [-0.05, 0) is 49.8 Å². The summed E-state index contributed by atoms with van der Waals surface area (Å²) in [6.45, 7) is 1.70. The molecular weight excluding hydrogens is 494 g/mol. The fourth-order valence-corrected chi connectivity index (χ4v) is 4.61. The number of hydrogen-bond donors (Lipinski definition) is 0. The fraction of sp³-hybridized carbons (Fsp3) is 0.400. The number of unbranched alkanes of at least 4 members (excludes halogenated alkanes) is 2. The first kappa shape index (κ1) is 26.5. The van der Waals surface area contributed by atoms with E-state index in [4.69, 9.17) is 19.2 Å². The molecule has 0 unspecified atom stereocenters. The normalized spacial score (nSPS) is 12.9. The Morgan fingerprint density at radius 1 is 0.949 bits per heavy atom. The third kappa shape index (κ3) is 6.66. The predicted molar refractivity (Wildman–Crippen MR) is 151 cm³/mol. The van der Waals surface area contributed by atoms with Crippen LogP contribution >= 0.6 is 0 Å². The average Bonchev–Trinajstić information content (AvgIpc) is 3.68. The quantitative estimate of drug-likeness (QED) is 0.159. The molecule has 0 aliphatic heterocycles. The van der Waals surface area contributed by atoms with E-state index in [1.54, 1.807) is 20.4 Å². The van der Waals surface area contributed by atoms with Crippen LogP contribution in [0.3, 0.4) is 0 Å². The number of carbonyl (C=O) groups is 1. The molecule has 0 radical (unpaired) electrons. The molecule has 1 aliphatic carbocycles. The van der Waals surface area contributed by atoms with Crippen LogP contribution in [-0.2, 0) is 16.1 Å². The van der Waals surface area contributed by atoms with Gasteiger partial charge in [0.2, 0.25) is 0 Å². The smallest absolute Gasteiger partial charge is 0.305 e. The number of hydrogen-bond acceptors (Lipinski definition) is 8. The third-order valence-electron chi connectivity index (χ3n) is 7.05. The van der Waals surface area contributed by atoms with Crippen molar-refractivity contribution in [3.8, 4) is 22.8 Å². The molecule has 4 aromatic rings. The SMILES string of the molecule is COC(=O)CCCCCn1cc(-c2cnc3ccc(N(CC4CC4)c4cc(OC)cc(OC)c4)cc3n2)cn1. The fourth-order valence-electron chi connectivity index (χ4n) is 4.61. The van der Waals surface area contributed by atoms with Gasteiger partial charge in [-0.2, -0.15) is 5.10 Å². The lowest BCUT2D eigenvalue weighted by Crippen LogP contribution is -2.20. The van der Waals surface area contributed by atoms with Crippen LogP contribution < -0.4 is 14.4 Å². The van der Waals surface area contributed by atoms with Crippen LogP contribution in [0.5, 0.6) is 11.5 Å². The molecule has 0 bridgehead atoms. The van der Waals surface area contributed by atoms with E-state index in [0.717, 1.165) is 77.5 Å². The molecule has 0 amide bonds. The van der Waals surface area contributed by atoms with Gasteiger partial charge < -0.3 is 19.1 Å². The Hall–Kier alpha value is -4.14. The largest absolute Gasteiger partial charge is 0.497 e. The molecule has 0 N–H and O–H groups in total. The number of ether oxygens (including phenoxy) is 3. The molecule has 1 fully saturated rings. The first-order valence-electron chi connectivity index (χ1n) is 13.4. The molecule has 0 atom stereocenters. The molecule has 1 saturated carbocycles.